The van der Waals surface area contributed by atoms with Crippen molar-refractivity contribution in [3.8, 4) is 0 Å². The second-order valence-corrected chi connectivity index (χ2v) is 6.73. The smallest absolute Gasteiger partial charge is 0.267 e. The summed E-state index contributed by atoms with van der Waals surface area (Å²) in [5.74, 6) is 0.499. The standard InChI is InChI=1S/C16H22N6O/c1-20-17-7-14(18-20)11-21-8-12(9-21)10-22-16(23)6-13-4-2-3-5-15(13)19-22/h6-7,12H,2-5,8-11H2,1H3. The minimum atomic E-state index is 0.0537. The molecule has 0 radical (unpaired) electrons. The predicted molar refractivity (Wildman–Crippen MR) is 84.9 cm³/mol. The zero-order valence-electron chi connectivity index (χ0n) is 13.5. The van der Waals surface area contributed by atoms with Gasteiger partial charge in [0.15, 0.2) is 0 Å². The SMILES string of the molecule is Cn1ncc(CN2CC(Cn3nc4c(cc3=O)CCCC4)C2)n1. The van der Waals surface area contributed by atoms with Crippen molar-refractivity contribution in [1.82, 2.24) is 29.7 Å². The Bertz CT molecular complexity index is 758. The summed E-state index contributed by atoms with van der Waals surface area (Å²) in [7, 11) is 1.83. The highest BCUT2D eigenvalue weighted by atomic mass is 16.1. The minimum Gasteiger partial charge on any atom is -0.297 e. The van der Waals surface area contributed by atoms with Gasteiger partial charge < -0.3 is 0 Å². The van der Waals surface area contributed by atoms with E-state index in [9.17, 15) is 4.79 Å². The third-order valence-corrected chi connectivity index (χ3v) is 4.77. The van der Waals surface area contributed by atoms with Gasteiger partial charge in [0.2, 0.25) is 0 Å². The summed E-state index contributed by atoms with van der Waals surface area (Å²) in [5.41, 5.74) is 3.34. The lowest BCUT2D eigenvalue weighted by Crippen LogP contribution is -2.49. The molecule has 122 valence electrons. The summed E-state index contributed by atoms with van der Waals surface area (Å²) in [6, 6.07) is 1.80. The summed E-state index contributed by atoms with van der Waals surface area (Å²) >= 11 is 0. The van der Waals surface area contributed by atoms with Gasteiger partial charge in [0.1, 0.15) is 0 Å². The molecule has 1 saturated heterocycles. The van der Waals surface area contributed by atoms with Crippen LogP contribution in [0, 0.1) is 5.92 Å². The molecular formula is C16H22N6O. The molecule has 7 heteroatoms. The van der Waals surface area contributed by atoms with Crippen LogP contribution >= 0.6 is 0 Å². The molecule has 1 aliphatic carbocycles. The Morgan fingerprint density at radius 2 is 2.04 bits per heavy atom. The number of aryl methyl sites for hydroxylation is 3. The molecule has 7 nitrogen and oxygen atoms in total. The first kappa shape index (κ1) is 14.6. The third-order valence-electron chi connectivity index (χ3n) is 4.77. The maximum absolute atomic E-state index is 12.2. The Balaban J connectivity index is 1.36. The molecular weight excluding hydrogens is 292 g/mol. The molecule has 1 aliphatic heterocycles. The molecule has 0 saturated carbocycles. The van der Waals surface area contributed by atoms with Crippen LogP contribution in [0.15, 0.2) is 17.1 Å². The molecule has 0 amide bonds. The van der Waals surface area contributed by atoms with Crippen molar-refractivity contribution >= 4 is 0 Å². The van der Waals surface area contributed by atoms with E-state index < -0.39 is 0 Å². The normalized spacial score (nSPS) is 18.7. The Hall–Kier alpha value is -2.02. The van der Waals surface area contributed by atoms with E-state index in [2.05, 4.69) is 20.2 Å². The van der Waals surface area contributed by atoms with Crippen LogP contribution in [-0.2, 0) is 33.0 Å². The second-order valence-electron chi connectivity index (χ2n) is 6.73. The van der Waals surface area contributed by atoms with Crippen molar-refractivity contribution in [1.29, 1.82) is 0 Å². The van der Waals surface area contributed by atoms with Crippen molar-refractivity contribution < 1.29 is 0 Å². The largest absolute Gasteiger partial charge is 0.297 e. The van der Waals surface area contributed by atoms with Crippen LogP contribution in [0.1, 0.15) is 29.8 Å². The van der Waals surface area contributed by atoms with Gasteiger partial charge in [-0.2, -0.15) is 20.1 Å². The number of nitrogens with zero attached hydrogens (tertiary/aromatic N) is 6. The maximum Gasteiger partial charge on any atom is 0.267 e. The molecule has 0 atom stereocenters. The lowest BCUT2D eigenvalue weighted by molar-refractivity contribution is 0.0750. The predicted octanol–water partition coefficient (Wildman–Crippen LogP) is 0.383. The fourth-order valence-corrected chi connectivity index (χ4v) is 3.59. The van der Waals surface area contributed by atoms with Crippen molar-refractivity contribution in [3.63, 3.8) is 0 Å². The second kappa shape index (κ2) is 5.88. The average Bonchev–Trinajstić information content (AvgIpc) is 2.91. The fourth-order valence-electron chi connectivity index (χ4n) is 3.59. The van der Waals surface area contributed by atoms with Crippen LogP contribution in [-0.4, -0.2) is 42.8 Å². The minimum absolute atomic E-state index is 0.0537. The Labute approximate surface area is 134 Å². The Kier molecular flexibility index (Phi) is 3.72. The number of hydrogen-bond acceptors (Lipinski definition) is 5. The highest BCUT2D eigenvalue weighted by molar-refractivity contribution is 5.20. The Morgan fingerprint density at radius 1 is 1.22 bits per heavy atom. The molecule has 0 bridgehead atoms. The summed E-state index contributed by atoms with van der Waals surface area (Å²) in [6.07, 6.45) is 6.20. The van der Waals surface area contributed by atoms with Crippen molar-refractivity contribution in [2.75, 3.05) is 13.1 Å². The van der Waals surface area contributed by atoms with Crippen LogP contribution in [0.4, 0.5) is 0 Å². The molecule has 4 rings (SSSR count). The zero-order chi connectivity index (χ0) is 15.8. The number of likely N-dealkylation sites (tertiary alicyclic amines) is 1. The van der Waals surface area contributed by atoms with Gasteiger partial charge in [0.05, 0.1) is 24.1 Å². The van der Waals surface area contributed by atoms with Crippen molar-refractivity contribution in [2.45, 2.75) is 38.8 Å². The number of fused-ring (bicyclic) bond motifs is 1. The van der Waals surface area contributed by atoms with Gasteiger partial charge in [0.25, 0.3) is 5.56 Å². The highest BCUT2D eigenvalue weighted by Crippen LogP contribution is 2.20. The fraction of sp³-hybridized carbons (Fsp3) is 0.625. The maximum atomic E-state index is 12.2. The van der Waals surface area contributed by atoms with Crippen molar-refractivity contribution in [2.24, 2.45) is 13.0 Å². The first-order valence-corrected chi connectivity index (χ1v) is 8.35. The Morgan fingerprint density at radius 3 is 2.83 bits per heavy atom. The molecule has 0 N–H and O–H groups in total. The summed E-state index contributed by atoms with van der Waals surface area (Å²) in [6.45, 7) is 3.53. The van der Waals surface area contributed by atoms with E-state index in [-0.39, 0.29) is 5.56 Å². The van der Waals surface area contributed by atoms with Gasteiger partial charge in [-0.3, -0.25) is 9.69 Å². The number of aromatic nitrogens is 5. The molecule has 0 aromatic carbocycles. The van der Waals surface area contributed by atoms with Crippen LogP contribution in [0.2, 0.25) is 0 Å². The van der Waals surface area contributed by atoms with E-state index in [4.69, 9.17) is 0 Å². The lowest BCUT2D eigenvalue weighted by Gasteiger charge is -2.38. The van der Waals surface area contributed by atoms with Crippen LogP contribution in [0.25, 0.3) is 0 Å². The van der Waals surface area contributed by atoms with Crippen LogP contribution in [0.5, 0.6) is 0 Å². The van der Waals surface area contributed by atoms with Gasteiger partial charge in [0, 0.05) is 38.7 Å². The number of hydrogen-bond donors (Lipinski definition) is 0. The van der Waals surface area contributed by atoms with Crippen LogP contribution in [0.3, 0.4) is 0 Å². The molecule has 3 heterocycles. The summed E-state index contributed by atoms with van der Waals surface area (Å²) in [4.78, 5) is 16.1. The first-order chi connectivity index (χ1) is 11.2. The van der Waals surface area contributed by atoms with E-state index in [1.807, 2.05) is 13.2 Å². The monoisotopic (exact) mass is 314 g/mol. The van der Waals surface area contributed by atoms with E-state index in [0.29, 0.717) is 5.92 Å². The van der Waals surface area contributed by atoms with Crippen LogP contribution < -0.4 is 5.56 Å². The van der Waals surface area contributed by atoms with Crippen molar-refractivity contribution in [3.05, 3.63) is 39.6 Å². The molecule has 2 aliphatic rings. The topological polar surface area (TPSA) is 68.8 Å². The van der Waals surface area contributed by atoms with E-state index in [1.165, 1.54) is 12.8 Å². The third kappa shape index (κ3) is 3.06. The molecule has 23 heavy (non-hydrogen) atoms. The first-order valence-electron chi connectivity index (χ1n) is 8.35. The number of rotatable bonds is 4. The average molecular weight is 314 g/mol. The molecule has 1 fully saturated rings. The van der Waals surface area contributed by atoms with E-state index >= 15 is 0 Å². The summed E-state index contributed by atoms with van der Waals surface area (Å²) < 4.78 is 1.68. The molecule has 0 spiro atoms. The van der Waals surface area contributed by atoms with Gasteiger partial charge in [-0.15, -0.1) is 0 Å². The van der Waals surface area contributed by atoms with E-state index in [1.54, 1.807) is 15.5 Å². The van der Waals surface area contributed by atoms with E-state index in [0.717, 1.165) is 56.0 Å². The highest BCUT2D eigenvalue weighted by Gasteiger charge is 2.28. The lowest BCUT2D eigenvalue weighted by atomic mass is 9.96. The molecule has 0 unspecified atom stereocenters. The van der Waals surface area contributed by atoms with Gasteiger partial charge in [-0.25, -0.2) is 4.68 Å². The molecule has 2 aromatic rings. The zero-order valence-corrected chi connectivity index (χ0v) is 13.5. The van der Waals surface area contributed by atoms with Gasteiger partial charge in [-0.1, -0.05) is 0 Å². The summed E-state index contributed by atoms with van der Waals surface area (Å²) in [5, 5.41) is 13.0. The van der Waals surface area contributed by atoms with Gasteiger partial charge in [-0.05, 0) is 31.2 Å². The molecule has 2 aromatic heterocycles. The van der Waals surface area contributed by atoms with Gasteiger partial charge >= 0.3 is 0 Å². The quantitative estimate of drug-likeness (QED) is 0.816.